The molecule has 0 amide bonds. The van der Waals surface area contributed by atoms with Crippen molar-refractivity contribution in [3.8, 4) is 21.3 Å². The molecule has 0 spiro atoms. The Morgan fingerprint density at radius 1 is 0.707 bits per heavy atom. The van der Waals surface area contributed by atoms with Crippen LogP contribution in [-0.2, 0) is 33.3 Å². The predicted molar refractivity (Wildman–Crippen MR) is 151 cm³/mol. The summed E-state index contributed by atoms with van der Waals surface area (Å²) < 4.78 is 32.4. The molecule has 5 heterocycles. The highest BCUT2D eigenvalue weighted by Gasteiger charge is 2.48. The molecule has 4 aromatic heterocycles. The largest absolute Gasteiger partial charge is 0.482 e. The van der Waals surface area contributed by atoms with Gasteiger partial charge in [0.1, 0.15) is 22.8 Å². The Morgan fingerprint density at radius 2 is 1.29 bits per heavy atom. The third-order valence-electron chi connectivity index (χ3n) is 6.27. The third-order valence-corrected chi connectivity index (χ3v) is 9.15. The maximum atomic E-state index is 13.0. The number of hydrogen-bond acceptors (Lipinski definition) is 13. The van der Waals surface area contributed by atoms with Gasteiger partial charge in [-0.25, -0.2) is 14.4 Å². The zero-order valence-corrected chi connectivity index (χ0v) is 24.5. The Balaban J connectivity index is 1.64. The first-order chi connectivity index (χ1) is 19.8. The van der Waals surface area contributed by atoms with E-state index in [1.165, 1.54) is 51.1 Å². The van der Waals surface area contributed by atoms with Crippen molar-refractivity contribution in [2.45, 2.75) is 6.10 Å². The molecule has 0 unspecified atom stereocenters. The lowest BCUT2D eigenvalue weighted by atomic mass is 9.93. The first-order valence-electron chi connectivity index (χ1n) is 11.9. The van der Waals surface area contributed by atoms with Crippen molar-refractivity contribution >= 4 is 63.6 Å². The maximum absolute atomic E-state index is 13.0. The second-order valence-electron chi connectivity index (χ2n) is 8.42. The zero-order valence-electron chi connectivity index (χ0n) is 22.1. The minimum Gasteiger partial charge on any atom is -0.482 e. The Kier molecular flexibility index (Phi) is 8.10. The SMILES string of the molecule is COC(=O)C1=C(c2cccs2)O[C@@H](c2ccc(-c3oc(-c4cccs4)c(C(=O)OC)c3C(=O)OC)s2)[C@@H]1C(=O)OC. The van der Waals surface area contributed by atoms with Gasteiger partial charge in [-0.1, -0.05) is 12.1 Å². The van der Waals surface area contributed by atoms with Gasteiger partial charge in [0.2, 0.25) is 0 Å². The predicted octanol–water partition coefficient (Wildman–Crippen LogP) is 5.82. The van der Waals surface area contributed by atoms with E-state index in [1.807, 2.05) is 5.38 Å². The van der Waals surface area contributed by atoms with Crippen molar-refractivity contribution in [1.29, 1.82) is 0 Å². The number of carbonyl (C=O) groups excluding carboxylic acids is 4. The molecule has 0 N–H and O–H groups in total. The Morgan fingerprint density at radius 3 is 1.83 bits per heavy atom. The number of ether oxygens (including phenoxy) is 5. The van der Waals surface area contributed by atoms with Crippen LogP contribution in [0, 0.1) is 5.92 Å². The highest BCUT2D eigenvalue weighted by molar-refractivity contribution is 7.15. The second-order valence-corrected chi connectivity index (χ2v) is 11.4. The van der Waals surface area contributed by atoms with E-state index >= 15 is 0 Å². The topological polar surface area (TPSA) is 128 Å². The molecular formula is C28H22O10S3. The molecule has 1 aliphatic heterocycles. The van der Waals surface area contributed by atoms with Crippen LogP contribution in [0.5, 0.6) is 0 Å². The molecule has 10 nitrogen and oxygen atoms in total. The van der Waals surface area contributed by atoms with Crippen LogP contribution < -0.4 is 0 Å². The van der Waals surface area contributed by atoms with E-state index in [9.17, 15) is 19.2 Å². The molecule has 0 saturated carbocycles. The molecule has 0 aromatic carbocycles. The molecule has 41 heavy (non-hydrogen) atoms. The average Bonchev–Trinajstić information content (AvgIpc) is 3.82. The van der Waals surface area contributed by atoms with Gasteiger partial charge in [0.05, 0.1) is 48.6 Å². The zero-order chi connectivity index (χ0) is 29.3. The molecule has 212 valence electrons. The molecule has 4 aromatic rings. The van der Waals surface area contributed by atoms with Gasteiger partial charge in [-0.05, 0) is 35.0 Å². The lowest BCUT2D eigenvalue weighted by molar-refractivity contribution is -0.149. The summed E-state index contributed by atoms with van der Waals surface area (Å²) in [7, 11) is 4.86. The van der Waals surface area contributed by atoms with Crippen molar-refractivity contribution in [3.63, 3.8) is 0 Å². The van der Waals surface area contributed by atoms with Crippen molar-refractivity contribution in [2.75, 3.05) is 28.4 Å². The molecule has 0 saturated heterocycles. The number of thiophene rings is 3. The number of carbonyl (C=O) groups is 4. The van der Waals surface area contributed by atoms with Gasteiger partial charge in [0.25, 0.3) is 0 Å². The number of esters is 4. The van der Waals surface area contributed by atoms with Gasteiger partial charge in [-0.3, -0.25) is 4.79 Å². The average molecular weight is 615 g/mol. The number of methoxy groups -OCH3 is 4. The Hall–Kier alpha value is -4.20. The summed E-state index contributed by atoms with van der Waals surface area (Å²) in [4.78, 5) is 54.0. The van der Waals surface area contributed by atoms with Gasteiger partial charge in [0, 0.05) is 4.88 Å². The van der Waals surface area contributed by atoms with Gasteiger partial charge in [0.15, 0.2) is 17.6 Å². The van der Waals surface area contributed by atoms with Crippen LogP contribution >= 0.6 is 34.0 Å². The lowest BCUT2D eigenvalue weighted by Crippen LogP contribution is -2.26. The van der Waals surface area contributed by atoms with Crippen LogP contribution in [0.3, 0.4) is 0 Å². The van der Waals surface area contributed by atoms with E-state index in [-0.39, 0.29) is 34.0 Å². The van der Waals surface area contributed by atoms with Gasteiger partial charge < -0.3 is 28.1 Å². The number of rotatable bonds is 8. The smallest absolute Gasteiger partial charge is 0.342 e. The molecule has 0 bridgehead atoms. The first-order valence-corrected chi connectivity index (χ1v) is 14.5. The van der Waals surface area contributed by atoms with Gasteiger partial charge in [-0.2, -0.15) is 0 Å². The normalized spacial score (nSPS) is 16.3. The molecule has 0 radical (unpaired) electrons. The van der Waals surface area contributed by atoms with E-state index in [0.29, 0.717) is 19.5 Å². The fourth-order valence-corrected chi connectivity index (χ4v) is 6.98. The van der Waals surface area contributed by atoms with Crippen LogP contribution in [0.1, 0.15) is 36.6 Å². The van der Waals surface area contributed by atoms with Gasteiger partial charge >= 0.3 is 23.9 Å². The van der Waals surface area contributed by atoms with E-state index in [4.69, 9.17) is 28.1 Å². The van der Waals surface area contributed by atoms with E-state index in [0.717, 1.165) is 11.3 Å². The van der Waals surface area contributed by atoms with Crippen molar-refractivity contribution in [3.05, 3.63) is 73.6 Å². The van der Waals surface area contributed by atoms with Crippen molar-refractivity contribution < 1.29 is 47.3 Å². The maximum Gasteiger partial charge on any atom is 0.342 e. The summed E-state index contributed by atoms with van der Waals surface area (Å²) >= 11 is 3.82. The third kappa shape index (κ3) is 4.96. The number of furan rings is 1. The molecule has 0 fully saturated rings. The quantitative estimate of drug-likeness (QED) is 0.177. The highest BCUT2D eigenvalue weighted by atomic mass is 32.1. The monoisotopic (exact) mass is 614 g/mol. The molecule has 13 heteroatoms. The fourth-order valence-electron chi connectivity index (χ4n) is 4.48. The summed E-state index contributed by atoms with van der Waals surface area (Å²) in [5, 5.41) is 3.63. The molecule has 1 aliphatic rings. The standard InChI is InChI=1S/C28H22O10S3/c1-33-25(29)17-19(27(31)35-3)23(37-21(17)13-7-5-11-39-13)15-9-10-16(41-15)24-20(28(32)36-4)18(26(30)34-2)22(38-24)14-8-6-12-40-14/h5-12,19,23H,1-4H3/t19-,23+/m1/s1. The molecule has 0 aliphatic carbocycles. The molecular weight excluding hydrogens is 592 g/mol. The van der Waals surface area contributed by atoms with Crippen LogP contribution in [0.4, 0.5) is 0 Å². The summed E-state index contributed by atoms with van der Waals surface area (Å²) in [5.74, 6) is -3.61. The van der Waals surface area contributed by atoms with Crippen LogP contribution in [0.2, 0.25) is 0 Å². The summed E-state index contributed by atoms with van der Waals surface area (Å²) in [6.45, 7) is 0. The van der Waals surface area contributed by atoms with Crippen LogP contribution in [0.25, 0.3) is 27.0 Å². The first kappa shape index (κ1) is 28.3. The summed E-state index contributed by atoms with van der Waals surface area (Å²) in [5.41, 5.74) is -0.116. The Bertz CT molecular complexity index is 1640. The highest BCUT2D eigenvalue weighted by Crippen LogP contribution is 2.50. The van der Waals surface area contributed by atoms with Crippen LogP contribution in [-0.4, -0.2) is 52.3 Å². The fraction of sp³-hybridized carbons (Fsp3) is 0.214. The van der Waals surface area contributed by atoms with Gasteiger partial charge in [-0.15, -0.1) is 34.0 Å². The summed E-state index contributed by atoms with van der Waals surface area (Å²) in [6, 6.07) is 10.5. The second kappa shape index (κ2) is 11.7. The summed E-state index contributed by atoms with van der Waals surface area (Å²) in [6.07, 6.45) is -0.944. The van der Waals surface area contributed by atoms with Crippen molar-refractivity contribution in [1.82, 2.24) is 0 Å². The number of hydrogen-bond donors (Lipinski definition) is 0. The van der Waals surface area contributed by atoms with E-state index < -0.39 is 35.9 Å². The Labute approximate surface area is 245 Å². The van der Waals surface area contributed by atoms with E-state index in [2.05, 4.69) is 0 Å². The van der Waals surface area contributed by atoms with Crippen LogP contribution in [0.15, 0.2) is 57.1 Å². The molecule has 2 atom stereocenters. The minimum absolute atomic E-state index is 0.0444. The lowest BCUT2D eigenvalue weighted by Gasteiger charge is -2.17. The molecule has 5 rings (SSSR count). The van der Waals surface area contributed by atoms with E-state index in [1.54, 1.807) is 41.8 Å². The van der Waals surface area contributed by atoms with Crippen molar-refractivity contribution in [2.24, 2.45) is 5.92 Å². The minimum atomic E-state index is -1.12.